The van der Waals surface area contributed by atoms with Gasteiger partial charge in [-0.05, 0) is 153 Å². The summed E-state index contributed by atoms with van der Waals surface area (Å²) in [5.41, 5.74) is 11.4. The number of aryl methyl sites for hydroxylation is 3. The zero-order valence-corrected chi connectivity index (χ0v) is 83.6. The Balaban J connectivity index is 0.000000146. The maximum Gasteiger partial charge on any atom is 0.409 e. The van der Waals surface area contributed by atoms with Crippen LogP contribution in [0.1, 0.15) is 101 Å². The number of fused-ring (bicyclic) bond motifs is 3. The van der Waals surface area contributed by atoms with Crippen molar-refractivity contribution in [2.75, 3.05) is 92.3 Å². The smallest absolute Gasteiger partial charge is 0.409 e. The maximum absolute atomic E-state index is 15.1. The molecule has 6 saturated heterocycles. The van der Waals surface area contributed by atoms with Crippen LogP contribution in [0.15, 0.2) is 247 Å². The minimum absolute atomic E-state index is 0.0302. The monoisotopic (exact) mass is 2090 g/mol. The van der Waals surface area contributed by atoms with Crippen LogP contribution in [0.2, 0.25) is 15.1 Å². The van der Waals surface area contributed by atoms with E-state index in [-0.39, 0.29) is 66.7 Å². The second-order valence-electron chi connectivity index (χ2n) is 34.8. The molecule has 0 bridgehead atoms. The molecule has 6 aliphatic heterocycles. The van der Waals surface area contributed by atoms with Crippen LogP contribution in [-0.4, -0.2) is 220 Å². The topological polar surface area (TPSA) is 249 Å². The third-order valence-electron chi connectivity index (χ3n) is 25.3. The second kappa shape index (κ2) is 41.6. The van der Waals surface area contributed by atoms with E-state index in [1.165, 1.54) is 42.4 Å². The van der Waals surface area contributed by atoms with Gasteiger partial charge in [0.05, 0.1) is 51.1 Å². The van der Waals surface area contributed by atoms with Crippen LogP contribution in [0, 0.1) is 26.7 Å². The molecule has 18 rings (SSSR count). The van der Waals surface area contributed by atoms with Crippen LogP contribution in [0.25, 0.3) is 32.7 Å². The van der Waals surface area contributed by atoms with Gasteiger partial charge in [-0.2, -0.15) is 0 Å². The quantitative estimate of drug-likeness (QED) is 0.0566. The van der Waals surface area contributed by atoms with Crippen LogP contribution >= 0.6 is 118 Å². The summed E-state index contributed by atoms with van der Waals surface area (Å²) >= 11 is 33.9. The first-order chi connectivity index (χ1) is 64.0. The Kier molecular flexibility index (Phi) is 30.0. The molecule has 9 heterocycles. The zero-order valence-electron chi connectivity index (χ0n) is 74.1. The van der Waals surface area contributed by atoms with Gasteiger partial charge in [-0.15, -0.1) is 35.3 Å². The average molecular weight is 2100 g/mol. The first kappa shape index (κ1) is 95.9. The van der Waals surface area contributed by atoms with Gasteiger partial charge in [0.25, 0.3) is 0 Å². The number of nitrogens with one attached hydrogen (secondary N) is 3. The molecule has 3 aromatic heterocycles. The van der Waals surface area contributed by atoms with Gasteiger partial charge in [-0.1, -0.05) is 204 Å². The molecule has 0 aliphatic carbocycles. The number of piperazine rings is 3. The Bertz CT molecular complexity index is 6320. The summed E-state index contributed by atoms with van der Waals surface area (Å²) in [5.74, 6) is -0.346. The zero-order chi connectivity index (χ0) is 93.7. The van der Waals surface area contributed by atoms with E-state index in [1.807, 2.05) is 278 Å². The minimum atomic E-state index is -1.18. The van der Waals surface area contributed by atoms with E-state index < -0.39 is 38.5 Å². The fourth-order valence-corrected chi connectivity index (χ4v) is 24.3. The van der Waals surface area contributed by atoms with Crippen molar-refractivity contribution in [1.29, 1.82) is 0 Å². The van der Waals surface area contributed by atoms with E-state index in [9.17, 15) is 38.4 Å². The number of H-pyrrole nitrogens is 3. The Hall–Kier alpha value is -10.2. The lowest BCUT2D eigenvalue weighted by molar-refractivity contribution is -0.138. The lowest BCUT2D eigenvalue weighted by Crippen LogP contribution is -2.57. The molecule has 133 heavy (non-hydrogen) atoms. The molecular formula is C101H100Br3Cl3N12O11S3. The van der Waals surface area contributed by atoms with Crippen molar-refractivity contribution >= 4 is 205 Å². The molecule has 6 fully saturated rings. The summed E-state index contributed by atoms with van der Waals surface area (Å²) in [6.07, 6.45) is 5.92. The summed E-state index contributed by atoms with van der Waals surface area (Å²) in [5, 5.41) is 4.55. The molecule has 690 valence electrons. The first-order valence-electron chi connectivity index (χ1n) is 44.0. The van der Waals surface area contributed by atoms with Crippen molar-refractivity contribution < 1.29 is 52.6 Å². The van der Waals surface area contributed by atoms with E-state index in [4.69, 9.17) is 44.3 Å². The summed E-state index contributed by atoms with van der Waals surface area (Å²) in [6.45, 7) is 16.1. The van der Waals surface area contributed by atoms with Gasteiger partial charge in [-0.25, -0.2) is 9.59 Å². The lowest BCUT2D eigenvalue weighted by atomic mass is 9.90. The number of aromatic nitrogens is 3. The number of hydrogen-bond donors (Lipinski definition) is 3. The van der Waals surface area contributed by atoms with Gasteiger partial charge in [-0.3, -0.25) is 33.6 Å². The summed E-state index contributed by atoms with van der Waals surface area (Å²) < 4.78 is 9.74. The Morgan fingerprint density at radius 3 is 0.962 bits per heavy atom. The molecular weight excluding hydrogens is 2000 g/mol. The standard InChI is InChI=1S/C36H38BrClN4O4S.C33H32BrClN4O4S.C32H30BrClN4O3S/c1-23(2)22-46-35(45)41-16-14-40(15-17-41)34(44)36(47-28-11-4-24(3)5-12-28)19-32(43)42(21-25-6-8-26(37)9-7-25)33(36)30-20-39-31-18-27(38)10-13-29(30)31;1-21-3-10-25(11-4-21)44-33(31(41)37-13-15-38(16-14-37)32(42)43-2)18-29(40)39(20-22-5-7-23(34)8-6-22)30(33)27-19-36-28-17-24(35)9-12-26(27)28;1-21-2-9-25(10-3-21)42-32(31(41)37-14-12-36(20-39)13-15-37)17-29(40)38(19-22-4-6-23(33)7-5-22)30(32)27-18-35-28-16-24(34)8-11-26(27)28/h4-13,18,20,23,33,39H,14-17,19,21-22H2,1-3H3;3-12,17,19,30,36H,13-16,18,20H2,1-2H3;2-11,16,18,20,30,35H,12-15,17,19H2,1H3/t33-,36-;30-,33-;30-,32-/m000/s1. The number of hydrogen-bond acceptors (Lipinski definition) is 14. The molecule has 9 aromatic carbocycles. The maximum atomic E-state index is 15.1. The van der Waals surface area contributed by atoms with Crippen molar-refractivity contribution in [3.63, 3.8) is 0 Å². The third kappa shape index (κ3) is 21.0. The fourth-order valence-electron chi connectivity index (χ4n) is 18.6. The van der Waals surface area contributed by atoms with Gasteiger partial charge >= 0.3 is 12.2 Å². The number of rotatable bonds is 21. The Morgan fingerprint density at radius 2 is 0.684 bits per heavy atom. The molecule has 6 aliphatic rings. The number of ether oxygens (including phenoxy) is 2. The minimum Gasteiger partial charge on any atom is -0.453 e. The van der Waals surface area contributed by atoms with Crippen molar-refractivity contribution in [3.8, 4) is 0 Å². The molecule has 23 nitrogen and oxygen atoms in total. The molecule has 3 N–H and O–H groups in total. The van der Waals surface area contributed by atoms with Gasteiger partial charge in [0, 0.05) is 209 Å². The number of halogens is 6. The summed E-state index contributed by atoms with van der Waals surface area (Å²) in [4.78, 5) is 153. The highest BCUT2D eigenvalue weighted by Crippen LogP contribution is 2.59. The largest absolute Gasteiger partial charge is 0.453 e. The first-order valence-corrected chi connectivity index (χ1v) is 50.0. The average Bonchev–Trinajstić information content (AvgIpc) is 1.58. The summed E-state index contributed by atoms with van der Waals surface area (Å²) in [7, 11) is 1.36. The normalized spacial score (nSPS) is 20.4. The van der Waals surface area contributed by atoms with Crippen LogP contribution < -0.4 is 0 Å². The SMILES string of the molecule is COC(=O)N1CCN(C(=O)[C@]2(Sc3ccc(C)cc3)CC(=O)N(Cc3ccc(Br)cc3)[C@H]2c2c[nH]c3cc(Cl)ccc23)CC1.Cc1ccc(S[C@@]2(C(=O)N3CCN(C(=O)OCC(C)C)CC3)CC(=O)N(Cc3ccc(Br)cc3)[C@H]2c2c[nH]c3cc(Cl)ccc23)cc1.Cc1ccc(S[C@@]2(C(=O)N3CCN(C=O)CC3)CC(=O)N(Cc3ccc(Br)cc3)[C@H]2c2c[nH]c3cc(Cl)ccc23)cc1. The van der Waals surface area contributed by atoms with Crippen molar-refractivity contribution in [3.05, 3.63) is 297 Å². The number of aromatic amines is 3. The number of amides is 9. The molecule has 0 saturated carbocycles. The van der Waals surface area contributed by atoms with E-state index in [2.05, 4.69) is 62.7 Å². The molecule has 12 aromatic rings. The van der Waals surface area contributed by atoms with E-state index in [1.54, 1.807) is 19.6 Å². The van der Waals surface area contributed by atoms with Gasteiger partial charge in [0.2, 0.25) is 41.9 Å². The number of nitrogens with zero attached hydrogens (tertiary/aromatic N) is 9. The van der Waals surface area contributed by atoms with Gasteiger partial charge < -0.3 is 68.5 Å². The van der Waals surface area contributed by atoms with E-state index in [0.29, 0.717) is 120 Å². The molecule has 6 atom stereocenters. The van der Waals surface area contributed by atoms with Crippen LogP contribution in [0.3, 0.4) is 0 Å². The molecule has 9 amide bonds. The van der Waals surface area contributed by atoms with Crippen LogP contribution in [0.4, 0.5) is 9.59 Å². The number of methoxy groups -OCH3 is 1. The second-order valence-corrected chi connectivity index (χ2v) is 43.1. The number of carbonyl (C=O) groups is 9. The van der Waals surface area contributed by atoms with E-state index in [0.717, 1.165) is 117 Å². The molecule has 0 spiro atoms. The Morgan fingerprint density at radius 1 is 0.406 bits per heavy atom. The van der Waals surface area contributed by atoms with Crippen molar-refractivity contribution in [2.24, 2.45) is 5.92 Å². The predicted molar refractivity (Wildman–Crippen MR) is 534 cm³/mol. The summed E-state index contributed by atoms with van der Waals surface area (Å²) in [6, 6.07) is 63.2. The molecule has 32 heteroatoms. The molecule has 0 unspecified atom stereocenters. The lowest BCUT2D eigenvalue weighted by Gasteiger charge is -2.42. The highest BCUT2D eigenvalue weighted by atomic mass is 79.9. The number of carbonyl (C=O) groups excluding carboxylic acids is 9. The Labute approximate surface area is 825 Å². The highest BCUT2D eigenvalue weighted by Gasteiger charge is 2.63. The van der Waals surface area contributed by atoms with Crippen molar-refractivity contribution in [1.82, 2.24) is 59.1 Å². The fraction of sp³-hybridized carbons (Fsp3) is 0.317. The van der Waals surface area contributed by atoms with E-state index >= 15 is 4.79 Å². The highest BCUT2D eigenvalue weighted by molar-refractivity contribution is 9.11. The number of thioether (sulfide) groups is 3. The predicted octanol–water partition coefficient (Wildman–Crippen LogP) is 20.8. The van der Waals surface area contributed by atoms with Crippen molar-refractivity contribution in [2.45, 2.75) is 121 Å². The van der Waals surface area contributed by atoms with Crippen LogP contribution in [-0.2, 0) is 62.7 Å². The van der Waals surface area contributed by atoms with Gasteiger partial charge in [0.15, 0.2) is 0 Å². The third-order valence-corrected chi connectivity index (χ3v) is 31.9. The van der Waals surface area contributed by atoms with Gasteiger partial charge in [0.1, 0.15) is 14.2 Å². The molecule has 0 radical (unpaired) electrons. The number of benzene rings is 9. The van der Waals surface area contributed by atoms with Crippen LogP contribution in [0.5, 0.6) is 0 Å². The number of likely N-dealkylation sites (tertiary alicyclic amines) is 3.